The predicted molar refractivity (Wildman–Crippen MR) is 74.8 cm³/mol. The lowest BCUT2D eigenvalue weighted by molar-refractivity contribution is -0.186. The summed E-state index contributed by atoms with van der Waals surface area (Å²) in [5.74, 6) is -0.792. The smallest absolute Gasteiger partial charge is 0.422 e. The summed E-state index contributed by atoms with van der Waals surface area (Å²) >= 11 is 0. The van der Waals surface area contributed by atoms with E-state index < -0.39 is 18.8 Å². The molecule has 0 aliphatic rings. The lowest BCUT2D eigenvalue weighted by atomic mass is 9.82. The highest BCUT2D eigenvalue weighted by molar-refractivity contribution is 5.69. The van der Waals surface area contributed by atoms with Gasteiger partial charge in [0.15, 0.2) is 6.61 Å². The first kappa shape index (κ1) is 17.5. The maximum atomic E-state index is 11.9. The highest BCUT2D eigenvalue weighted by Crippen LogP contribution is 2.29. The van der Waals surface area contributed by atoms with Crippen molar-refractivity contribution in [2.45, 2.75) is 45.7 Å². The van der Waals surface area contributed by atoms with Crippen molar-refractivity contribution in [3.63, 3.8) is 0 Å². The fraction of sp³-hybridized carbons (Fsp3) is 0.562. The van der Waals surface area contributed by atoms with Gasteiger partial charge in [0, 0.05) is 6.42 Å². The van der Waals surface area contributed by atoms with E-state index in [1.165, 1.54) is 5.56 Å². The summed E-state index contributed by atoms with van der Waals surface area (Å²) in [4.78, 5) is 11.3. The van der Waals surface area contributed by atoms with E-state index >= 15 is 0 Å². The van der Waals surface area contributed by atoms with Gasteiger partial charge in [0.05, 0.1) is 0 Å². The summed E-state index contributed by atoms with van der Waals surface area (Å²) in [5.41, 5.74) is 1.10. The van der Waals surface area contributed by atoms with E-state index in [1.807, 2.05) is 44.2 Å². The fourth-order valence-corrected chi connectivity index (χ4v) is 1.93. The lowest BCUT2D eigenvalue weighted by Crippen LogP contribution is -2.22. The monoisotopic (exact) mass is 302 g/mol. The Balaban J connectivity index is 2.30. The Labute approximate surface area is 123 Å². The van der Waals surface area contributed by atoms with Crippen LogP contribution in [0.2, 0.25) is 0 Å². The van der Waals surface area contributed by atoms with E-state index in [0.29, 0.717) is 6.42 Å². The van der Waals surface area contributed by atoms with Gasteiger partial charge in [0.1, 0.15) is 0 Å². The van der Waals surface area contributed by atoms with Crippen LogP contribution in [0.15, 0.2) is 30.3 Å². The Morgan fingerprint density at radius 3 is 2.29 bits per heavy atom. The van der Waals surface area contributed by atoms with Crippen molar-refractivity contribution in [1.82, 2.24) is 0 Å². The third-order valence-corrected chi connectivity index (χ3v) is 3.34. The van der Waals surface area contributed by atoms with Gasteiger partial charge in [-0.3, -0.25) is 4.79 Å². The van der Waals surface area contributed by atoms with E-state index in [2.05, 4.69) is 4.74 Å². The number of aryl methyl sites for hydroxylation is 1. The van der Waals surface area contributed by atoms with E-state index in [9.17, 15) is 18.0 Å². The summed E-state index contributed by atoms with van der Waals surface area (Å²) in [6, 6.07) is 9.96. The molecule has 0 amide bonds. The molecule has 0 bridgehead atoms. The molecule has 21 heavy (non-hydrogen) atoms. The molecule has 0 unspecified atom stereocenters. The van der Waals surface area contributed by atoms with E-state index in [1.54, 1.807) is 0 Å². The van der Waals surface area contributed by atoms with Crippen LogP contribution >= 0.6 is 0 Å². The van der Waals surface area contributed by atoms with E-state index in [-0.39, 0.29) is 11.8 Å². The molecule has 0 heterocycles. The van der Waals surface area contributed by atoms with Gasteiger partial charge < -0.3 is 4.74 Å². The second-order valence-corrected chi connectivity index (χ2v) is 5.93. The minimum atomic E-state index is -4.46. The molecule has 0 saturated heterocycles. The molecule has 118 valence electrons. The minimum absolute atomic E-state index is 0.0118. The SMILES string of the molecule is CC(C)(CCC(=O)OCC(F)(F)F)CCc1ccccc1. The number of carbonyl (C=O) groups is 1. The van der Waals surface area contributed by atoms with Crippen molar-refractivity contribution in [3.05, 3.63) is 35.9 Å². The second-order valence-electron chi connectivity index (χ2n) is 5.93. The first-order valence-corrected chi connectivity index (χ1v) is 6.94. The minimum Gasteiger partial charge on any atom is -0.456 e. The quantitative estimate of drug-likeness (QED) is 0.692. The van der Waals surface area contributed by atoms with Gasteiger partial charge in [-0.2, -0.15) is 13.2 Å². The van der Waals surface area contributed by atoms with Crippen molar-refractivity contribution in [1.29, 1.82) is 0 Å². The molecule has 5 heteroatoms. The predicted octanol–water partition coefficient (Wildman–Crippen LogP) is 4.53. The number of hydrogen-bond acceptors (Lipinski definition) is 2. The molecular weight excluding hydrogens is 281 g/mol. The molecule has 0 fully saturated rings. The molecule has 1 rings (SSSR count). The van der Waals surface area contributed by atoms with Gasteiger partial charge in [-0.05, 0) is 30.2 Å². The number of rotatable bonds is 7. The third-order valence-electron chi connectivity index (χ3n) is 3.34. The molecule has 0 aliphatic carbocycles. The van der Waals surface area contributed by atoms with Crippen LogP contribution in [-0.2, 0) is 16.0 Å². The van der Waals surface area contributed by atoms with Gasteiger partial charge in [0.2, 0.25) is 0 Å². The van der Waals surface area contributed by atoms with Crippen molar-refractivity contribution in [2.75, 3.05) is 6.61 Å². The normalized spacial score (nSPS) is 12.2. The summed E-state index contributed by atoms with van der Waals surface area (Å²) in [7, 11) is 0. The van der Waals surface area contributed by atoms with Crippen LogP contribution in [0.25, 0.3) is 0 Å². The second kappa shape index (κ2) is 7.48. The third kappa shape index (κ3) is 8.38. The first-order valence-electron chi connectivity index (χ1n) is 6.94. The van der Waals surface area contributed by atoms with Crippen molar-refractivity contribution in [2.24, 2.45) is 5.41 Å². The number of ether oxygens (including phenoxy) is 1. The van der Waals surface area contributed by atoms with Gasteiger partial charge >= 0.3 is 12.1 Å². The van der Waals surface area contributed by atoms with Crippen LogP contribution in [0.5, 0.6) is 0 Å². The molecule has 1 aromatic carbocycles. The molecule has 0 aromatic heterocycles. The average molecular weight is 302 g/mol. The van der Waals surface area contributed by atoms with Crippen LogP contribution in [0.1, 0.15) is 38.7 Å². The highest BCUT2D eigenvalue weighted by Gasteiger charge is 2.30. The zero-order valence-corrected chi connectivity index (χ0v) is 12.4. The topological polar surface area (TPSA) is 26.3 Å². The summed E-state index contributed by atoms with van der Waals surface area (Å²) < 4.78 is 40.0. The van der Waals surface area contributed by atoms with Crippen LogP contribution in [0, 0.1) is 5.41 Å². The molecule has 0 atom stereocenters. The van der Waals surface area contributed by atoms with Crippen molar-refractivity contribution in [3.8, 4) is 0 Å². The van der Waals surface area contributed by atoms with Gasteiger partial charge in [0.25, 0.3) is 0 Å². The number of halogens is 3. The number of benzene rings is 1. The van der Waals surface area contributed by atoms with Crippen LogP contribution in [0.4, 0.5) is 13.2 Å². The van der Waals surface area contributed by atoms with Crippen molar-refractivity contribution < 1.29 is 22.7 Å². The molecular formula is C16H21F3O2. The zero-order valence-electron chi connectivity index (χ0n) is 12.4. The molecule has 1 aromatic rings. The van der Waals surface area contributed by atoms with Crippen molar-refractivity contribution >= 4 is 5.97 Å². The van der Waals surface area contributed by atoms with E-state index in [0.717, 1.165) is 12.8 Å². The van der Waals surface area contributed by atoms with Crippen LogP contribution < -0.4 is 0 Å². The standard InChI is InChI=1S/C16H21F3O2/c1-15(2,10-8-13-6-4-3-5-7-13)11-9-14(20)21-12-16(17,18)19/h3-7H,8-12H2,1-2H3. The Morgan fingerprint density at radius 2 is 1.71 bits per heavy atom. The van der Waals surface area contributed by atoms with Gasteiger partial charge in [-0.1, -0.05) is 44.2 Å². The highest BCUT2D eigenvalue weighted by atomic mass is 19.4. The van der Waals surface area contributed by atoms with E-state index in [4.69, 9.17) is 0 Å². The Morgan fingerprint density at radius 1 is 1.10 bits per heavy atom. The summed E-state index contributed by atoms with van der Waals surface area (Å²) in [6.45, 7) is 2.51. The largest absolute Gasteiger partial charge is 0.456 e. The first-order chi connectivity index (χ1) is 9.68. The molecule has 0 aliphatic heterocycles. The van der Waals surface area contributed by atoms with Gasteiger partial charge in [-0.25, -0.2) is 0 Å². The summed E-state index contributed by atoms with van der Waals surface area (Å²) in [5, 5.41) is 0. The lowest BCUT2D eigenvalue weighted by Gasteiger charge is -2.24. The van der Waals surface area contributed by atoms with Crippen LogP contribution in [-0.4, -0.2) is 18.8 Å². The molecule has 0 radical (unpaired) electrons. The number of carbonyl (C=O) groups excluding carboxylic acids is 1. The number of alkyl halides is 3. The Kier molecular flexibility index (Phi) is 6.24. The number of esters is 1. The zero-order chi connectivity index (χ0) is 15.9. The average Bonchev–Trinajstić information content (AvgIpc) is 2.41. The molecule has 0 spiro atoms. The Bertz CT molecular complexity index is 439. The Hall–Kier alpha value is -1.52. The number of hydrogen-bond donors (Lipinski definition) is 0. The molecule has 0 saturated carbocycles. The van der Waals surface area contributed by atoms with Gasteiger partial charge in [-0.15, -0.1) is 0 Å². The fourth-order valence-electron chi connectivity index (χ4n) is 1.93. The molecule has 2 nitrogen and oxygen atoms in total. The maximum absolute atomic E-state index is 11.9. The maximum Gasteiger partial charge on any atom is 0.422 e. The van der Waals surface area contributed by atoms with Crippen LogP contribution in [0.3, 0.4) is 0 Å². The molecule has 0 N–H and O–H groups in total. The summed E-state index contributed by atoms with van der Waals surface area (Å²) in [6.07, 6.45) is -2.19.